The van der Waals surface area contributed by atoms with E-state index in [4.69, 9.17) is 9.47 Å². The highest BCUT2D eigenvalue weighted by Crippen LogP contribution is 2.37. The van der Waals surface area contributed by atoms with Gasteiger partial charge in [-0.1, -0.05) is 141 Å². The second kappa shape index (κ2) is 22.6. The number of hydrogen-bond acceptors (Lipinski definition) is 8. The smallest absolute Gasteiger partial charge is 0.408 e. The van der Waals surface area contributed by atoms with Crippen LogP contribution in [-0.2, 0) is 45.6 Å². The first-order valence-corrected chi connectivity index (χ1v) is 20.7. The van der Waals surface area contributed by atoms with E-state index in [9.17, 15) is 28.8 Å². The third-order valence-electron chi connectivity index (χ3n) is 10.3. The van der Waals surface area contributed by atoms with Crippen LogP contribution in [0.3, 0.4) is 0 Å². The van der Waals surface area contributed by atoms with Crippen molar-refractivity contribution >= 4 is 35.7 Å². The number of esters is 1. The summed E-state index contributed by atoms with van der Waals surface area (Å²) in [5.74, 6) is -3.21. The van der Waals surface area contributed by atoms with Crippen LogP contribution in [0.15, 0.2) is 133 Å². The molecule has 4 atom stereocenters. The number of hydrogen-bond donors (Lipinski definition) is 5. The molecule has 61 heavy (non-hydrogen) atoms. The summed E-state index contributed by atoms with van der Waals surface area (Å²) in [5.41, 5.74) is 1.77. The molecule has 0 bridgehead atoms. The van der Waals surface area contributed by atoms with Crippen LogP contribution in [0.2, 0.25) is 0 Å². The van der Waals surface area contributed by atoms with E-state index in [1.807, 2.05) is 111 Å². The molecule has 4 aromatic carbocycles. The van der Waals surface area contributed by atoms with Crippen LogP contribution < -0.4 is 26.6 Å². The zero-order valence-corrected chi connectivity index (χ0v) is 34.8. The Morgan fingerprint density at radius 3 is 1.79 bits per heavy atom. The second-order valence-electron chi connectivity index (χ2n) is 15.3. The first-order valence-electron chi connectivity index (χ1n) is 20.7. The standard InChI is InChI=1S/C48H55N5O8/c1-4-60-43(55)26-25-39(30-35-27-28-49-44(35)56)50-45(57)40(29-33(2)3)51-46(58)41(52-47(59)61-32-34-17-9-5-10-18-34)31-42(54)53-48(36-19-11-6-12-20-36,37-21-13-7-14-22-37)38-23-15-8-16-24-38/h5-26,33,35,39-41H,4,27-32H2,1-3H3,(H,49,56)(H,50,57)(H,51,58)(H,52,59)(H,53,54)/t35-,39+,40-,41-/m0/s1. The van der Waals surface area contributed by atoms with Crippen molar-refractivity contribution in [3.8, 4) is 0 Å². The van der Waals surface area contributed by atoms with Crippen LogP contribution >= 0.6 is 0 Å². The summed E-state index contributed by atoms with van der Waals surface area (Å²) in [5, 5.41) is 14.3. The normalized spacial score (nSPS) is 15.2. The van der Waals surface area contributed by atoms with Gasteiger partial charge in [-0.3, -0.25) is 19.2 Å². The van der Waals surface area contributed by atoms with Crippen molar-refractivity contribution in [1.29, 1.82) is 0 Å². The minimum absolute atomic E-state index is 0.0843. The van der Waals surface area contributed by atoms with E-state index in [1.54, 1.807) is 31.2 Å². The van der Waals surface area contributed by atoms with Gasteiger partial charge in [0.05, 0.1) is 13.0 Å². The Hall–Kier alpha value is -6.76. The highest BCUT2D eigenvalue weighted by atomic mass is 16.5. The topological polar surface area (TPSA) is 181 Å². The minimum atomic E-state index is -1.49. The summed E-state index contributed by atoms with van der Waals surface area (Å²) in [4.78, 5) is 81.1. The molecule has 0 radical (unpaired) electrons. The van der Waals surface area contributed by atoms with Gasteiger partial charge in [0, 0.05) is 24.6 Å². The number of alkyl carbamates (subject to hydrolysis) is 1. The first-order chi connectivity index (χ1) is 29.5. The highest BCUT2D eigenvalue weighted by molar-refractivity contribution is 5.95. The predicted molar refractivity (Wildman–Crippen MR) is 230 cm³/mol. The SMILES string of the molecule is CCOC(=O)C=C[C@H](C[C@@H]1CCNC1=O)NC(=O)[C@H](CC(C)C)NC(=O)[C@H](CC(=O)NC(c1ccccc1)(c1ccccc1)c1ccccc1)NC(=O)OCc1ccccc1. The fourth-order valence-corrected chi connectivity index (χ4v) is 7.35. The van der Waals surface area contributed by atoms with Gasteiger partial charge in [-0.15, -0.1) is 0 Å². The molecule has 5 N–H and O–H groups in total. The number of amides is 5. The number of carbonyl (C=O) groups excluding carboxylic acids is 6. The van der Waals surface area contributed by atoms with Gasteiger partial charge in [-0.2, -0.15) is 0 Å². The van der Waals surface area contributed by atoms with E-state index in [2.05, 4.69) is 26.6 Å². The van der Waals surface area contributed by atoms with Gasteiger partial charge in [0.15, 0.2) is 0 Å². The molecule has 1 heterocycles. The van der Waals surface area contributed by atoms with E-state index >= 15 is 0 Å². The van der Waals surface area contributed by atoms with Crippen molar-refractivity contribution in [2.75, 3.05) is 13.2 Å². The molecule has 0 unspecified atom stereocenters. The lowest BCUT2D eigenvalue weighted by Crippen LogP contribution is -2.57. The van der Waals surface area contributed by atoms with Crippen LogP contribution in [0.5, 0.6) is 0 Å². The zero-order valence-electron chi connectivity index (χ0n) is 34.8. The lowest BCUT2D eigenvalue weighted by molar-refractivity contribution is -0.137. The summed E-state index contributed by atoms with van der Waals surface area (Å²) in [7, 11) is 0. The summed E-state index contributed by atoms with van der Waals surface area (Å²) >= 11 is 0. The summed E-state index contributed by atoms with van der Waals surface area (Å²) in [6, 6.07) is 34.0. The van der Waals surface area contributed by atoms with E-state index in [-0.39, 0.29) is 37.9 Å². The molecule has 0 aromatic heterocycles. The third kappa shape index (κ3) is 13.1. The largest absolute Gasteiger partial charge is 0.463 e. The Bertz CT molecular complexity index is 2000. The van der Waals surface area contributed by atoms with Crippen LogP contribution in [0, 0.1) is 11.8 Å². The molecule has 4 aromatic rings. The van der Waals surface area contributed by atoms with Gasteiger partial charge in [0.2, 0.25) is 23.6 Å². The second-order valence-corrected chi connectivity index (χ2v) is 15.3. The molecular weight excluding hydrogens is 775 g/mol. The maximum absolute atomic E-state index is 14.5. The number of rotatable bonds is 20. The molecule has 320 valence electrons. The lowest BCUT2D eigenvalue weighted by Gasteiger charge is -2.37. The Balaban J connectivity index is 1.43. The van der Waals surface area contributed by atoms with Crippen molar-refractivity contribution < 1.29 is 38.2 Å². The monoisotopic (exact) mass is 829 g/mol. The molecule has 5 rings (SSSR count). The molecule has 0 aliphatic carbocycles. The van der Waals surface area contributed by atoms with Crippen molar-refractivity contribution in [2.45, 2.75) is 76.7 Å². The van der Waals surface area contributed by atoms with E-state index in [1.165, 1.54) is 12.2 Å². The highest BCUT2D eigenvalue weighted by Gasteiger charge is 2.39. The van der Waals surface area contributed by atoms with Gasteiger partial charge in [0.1, 0.15) is 24.2 Å². The molecule has 1 saturated heterocycles. The Labute approximate surface area is 357 Å². The molecule has 1 aliphatic heterocycles. The van der Waals surface area contributed by atoms with Crippen LogP contribution in [0.25, 0.3) is 0 Å². The quantitative estimate of drug-likeness (QED) is 0.0444. The maximum atomic E-state index is 14.5. The van der Waals surface area contributed by atoms with E-state index < -0.39 is 65.8 Å². The van der Waals surface area contributed by atoms with Crippen molar-refractivity contribution in [3.05, 3.63) is 156 Å². The predicted octanol–water partition coefficient (Wildman–Crippen LogP) is 5.44. The number of nitrogens with one attached hydrogen (secondary N) is 5. The van der Waals surface area contributed by atoms with Crippen molar-refractivity contribution in [3.63, 3.8) is 0 Å². The average Bonchev–Trinajstić information content (AvgIpc) is 3.67. The van der Waals surface area contributed by atoms with Crippen LogP contribution in [0.1, 0.15) is 68.7 Å². The summed E-state index contributed by atoms with van der Waals surface area (Å²) in [6.45, 7) is 6.00. The molecule has 1 fully saturated rings. The first kappa shape index (κ1) is 45.3. The molecule has 13 heteroatoms. The van der Waals surface area contributed by atoms with Gasteiger partial charge in [0.25, 0.3) is 0 Å². The van der Waals surface area contributed by atoms with Crippen LogP contribution in [-0.4, -0.2) is 67.0 Å². The maximum Gasteiger partial charge on any atom is 0.408 e. The summed E-state index contributed by atoms with van der Waals surface area (Å²) in [6.07, 6.45) is 2.16. The van der Waals surface area contributed by atoms with Gasteiger partial charge < -0.3 is 36.1 Å². The number of carbonyl (C=O) groups is 6. The summed E-state index contributed by atoms with van der Waals surface area (Å²) < 4.78 is 10.5. The van der Waals surface area contributed by atoms with Crippen molar-refractivity contribution in [2.24, 2.45) is 11.8 Å². The van der Waals surface area contributed by atoms with Gasteiger partial charge in [-0.25, -0.2) is 9.59 Å². The Morgan fingerprint density at radius 2 is 1.28 bits per heavy atom. The fraction of sp³-hybridized carbons (Fsp3) is 0.333. The molecule has 13 nitrogen and oxygen atoms in total. The Kier molecular flexibility index (Phi) is 16.8. The lowest BCUT2D eigenvalue weighted by atomic mass is 9.77. The molecule has 5 amide bonds. The zero-order chi connectivity index (χ0) is 43.6. The number of ether oxygens (including phenoxy) is 2. The molecule has 1 aliphatic rings. The van der Waals surface area contributed by atoms with Crippen LogP contribution in [0.4, 0.5) is 4.79 Å². The average molecular weight is 830 g/mol. The minimum Gasteiger partial charge on any atom is -0.463 e. The van der Waals surface area contributed by atoms with E-state index in [0.717, 1.165) is 16.7 Å². The fourth-order valence-electron chi connectivity index (χ4n) is 7.35. The molecule has 0 spiro atoms. The van der Waals surface area contributed by atoms with Gasteiger partial charge >= 0.3 is 12.1 Å². The Morgan fingerprint density at radius 1 is 0.738 bits per heavy atom. The molecular formula is C48H55N5O8. The van der Waals surface area contributed by atoms with Gasteiger partial charge in [-0.05, 0) is 54.4 Å². The third-order valence-corrected chi connectivity index (χ3v) is 10.3. The number of benzene rings is 4. The van der Waals surface area contributed by atoms with E-state index in [0.29, 0.717) is 18.5 Å². The van der Waals surface area contributed by atoms with Crippen molar-refractivity contribution in [1.82, 2.24) is 26.6 Å². The molecule has 0 saturated carbocycles.